The Morgan fingerprint density at radius 2 is 1.64 bits per heavy atom. The number of carbonyl (C=O) groups excluding carboxylic acids is 2. The molecule has 116 valence electrons. The van der Waals surface area contributed by atoms with Gasteiger partial charge in [-0.05, 0) is 30.9 Å². The van der Waals surface area contributed by atoms with Gasteiger partial charge in [0.2, 0.25) is 0 Å². The average Bonchev–Trinajstić information content (AvgIpc) is 2.78. The number of nitrogens with zero attached hydrogens (tertiary/aromatic N) is 1. The Balaban J connectivity index is 1.93. The van der Waals surface area contributed by atoms with E-state index in [1.165, 1.54) is 4.90 Å². The number of carbonyl (C=O) groups is 3. The van der Waals surface area contributed by atoms with Crippen LogP contribution in [-0.2, 0) is 4.79 Å². The van der Waals surface area contributed by atoms with Crippen molar-refractivity contribution in [2.45, 2.75) is 44.6 Å². The second-order valence-corrected chi connectivity index (χ2v) is 6.09. The highest BCUT2D eigenvalue weighted by Crippen LogP contribution is 2.35. The van der Waals surface area contributed by atoms with E-state index in [1.54, 1.807) is 24.3 Å². The highest BCUT2D eigenvalue weighted by Gasteiger charge is 2.43. The Morgan fingerprint density at radius 1 is 1.09 bits per heavy atom. The topological polar surface area (TPSA) is 74.7 Å². The molecule has 1 atom stereocenters. The summed E-state index contributed by atoms with van der Waals surface area (Å²) in [5, 5.41) is 9.22. The second kappa shape index (κ2) is 5.91. The van der Waals surface area contributed by atoms with Gasteiger partial charge in [-0.15, -0.1) is 0 Å². The lowest BCUT2D eigenvalue weighted by Crippen LogP contribution is -2.46. The molecule has 0 radical (unpaired) electrons. The van der Waals surface area contributed by atoms with E-state index in [0.717, 1.165) is 32.1 Å². The van der Waals surface area contributed by atoms with Gasteiger partial charge in [0.25, 0.3) is 11.8 Å². The standard InChI is InChI=1S/C17H19NO4/c19-15(20)10-14(11-6-2-1-3-7-11)18-16(21)12-8-4-5-9-13(12)17(18)22/h4-5,8-9,11,14H,1-3,6-7,10H2,(H,19,20)/t14-/m0/s1. The van der Waals surface area contributed by atoms with Crippen molar-refractivity contribution in [2.75, 3.05) is 0 Å². The number of hydrogen-bond acceptors (Lipinski definition) is 3. The number of imide groups is 1. The minimum absolute atomic E-state index is 0.0899. The number of hydrogen-bond donors (Lipinski definition) is 1. The molecule has 5 heteroatoms. The van der Waals surface area contributed by atoms with E-state index in [9.17, 15) is 19.5 Å². The molecule has 0 bridgehead atoms. The van der Waals surface area contributed by atoms with Crippen molar-refractivity contribution in [3.63, 3.8) is 0 Å². The SMILES string of the molecule is O=C(O)C[C@@H](C1CCCCC1)N1C(=O)c2ccccc2C1=O. The van der Waals surface area contributed by atoms with Crippen LogP contribution in [0.4, 0.5) is 0 Å². The Hall–Kier alpha value is -2.17. The van der Waals surface area contributed by atoms with Crippen LogP contribution in [-0.4, -0.2) is 33.8 Å². The predicted molar refractivity (Wildman–Crippen MR) is 79.6 cm³/mol. The van der Waals surface area contributed by atoms with Crippen LogP contribution >= 0.6 is 0 Å². The van der Waals surface area contributed by atoms with Crippen molar-refractivity contribution >= 4 is 17.8 Å². The quantitative estimate of drug-likeness (QED) is 0.868. The van der Waals surface area contributed by atoms with Gasteiger partial charge in [-0.25, -0.2) is 0 Å². The van der Waals surface area contributed by atoms with Crippen LogP contribution in [0, 0.1) is 5.92 Å². The zero-order chi connectivity index (χ0) is 15.7. The van der Waals surface area contributed by atoms with E-state index in [-0.39, 0.29) is 24.2 Å². The van der Waals surface area contributed by atoms with Gasteiger partial charge in [-0.1, -0.05) is 31.4 Å². The van der Waals surface area contributed by atoms with Crippen molar-refractivity contribution in [1.29, 1.82) is 0 Å². The number of carboxylic acid groups (broad SMARTS) is 1. The van der Waals surface area contributed by atoms with Gasteiger partial charge in [0.1, 0.15) is 0 Å². The fourth-order valence-electron chi connectivity index (χ4n) is 3.68. The molecule has 1 fully saturated rings. The van der Waals surface area contributed by atoms with E-state index in [1.807, 2.05) is 0 Å². The Morgan fingerprint density at radius 3 is 2.14 bits per heavy atom. The minimum Gasteiger partial charge on any atom is -0.481 e. The van der Waals surface area contributed by atoms with Gasteiger partial charge < -0.3 is 5.11 Å². The number of benzene rings is 1. The van der Waals surface area contributed by atoms with Crippen molar-refractivity contribution in [3.8, 4) is 0 Å². The third-order valence-electron chi connectivity index (χ3n) is 4.73. The van der Waals surface area contributed by atoms with Crippen LogP contribution in [0.2, 0.25) is 0 Å². The molecule has 3 rings (SSSR count). The van der Waals surface area contributed by atoms with Gasteiger partial charge >= 0.3 is 5.97 Å². The number of rotatable bonds is 4. The number of carboxylic acids is 1. The summed E-state index contributed by atoms with van der Waals surface area (Å²) < 4.78 is 0. The first-order valence-electron chi connectivity index (χ1n) is 7.78. The summed E-state index contributed by atoms with van der Waals surface area (Å²) in [6.07, 6.45) is 4.79. The van der Waals surface area contributed by atoms with Gasteiger partial charge in [-0.2, -0.15) is 0 Å². The first kappa shape index (κ1) is 14.8. The number of fused-ring (bicyclic) bond motifs is 1. The van der Waals surface area contributed by atoms with Crippen molar-refractivity contribution in [1.82, 2.24) is 4.90 Å². The van der Waals surface area contributed by atoms with Gasteiger partial charge in [0.05, 0.1) is 23.6 Å². The molecule has 22 heavy (non-hydrogen) atoms. The van der Waals surface area contributed by atoms with Crippen LogP contribution in [0.15, 0.2) is 24.3 Å². The minimum atomic E-state index is -0.966. The summed E-state index contributed by atoms with van der Waals surface area (Å²) in [5.74, 6) is -1.57. The molecule has 1 N–H and O–H groups in total. The zero-order valence-electron chi connectivity index (χ0n) is 12.3. The lowest BCUT2D eigenvalue weighted by Gasteiger charge is -2.34. The van der Waals surface area contributed by atoms with Crippen LogP contribution in [0.5, 0.6) is 0 Å². The molecule has 2 aliphatic rings. The van der Waals surface area contributed by atoms with E-state index in [0.29, 0.717) is 11.1 Å². The van der Waals surface area contributed by atoms with Gasteiger partial charge in [0.15, 0.2) is 0 Å². The van der Waals surface area contributed by atoms with E-state index in [4.69, 9.17) is 0 Å². The second-order valence-electron chi connectivity index (χ2n) is 6.09. The Labute approximate surface area is 128 Å². The van der Waals surface area contributed by atoms with Gasteiger partial charge in [0, 0.05) is 0 Å². The molecular formula is C17H19NO4. The molecule has 1 aliphatic carbocycles. The van der Waals surface area contributed by atoms with E-state index >= 15 is 0 Å². The van der Waals surface area contributed by atoms with Crippen LogP contribution < -0.4 is 0 Å². The summed E-state index contributed by atoms with van der Waals surface area (Å²) >= 11 is 0. The molecule has 0 saturated heterocycles. The van der Waals surface area contributed by atoms with Crippen molar-refractivity contribution in [3.05, 3.63) is 35.4 Å². The maximum Gasteiger partial charge on any atom is 0.305 e. The first-order valence-corrected chi connectivity index (χ1v) is 7.78. The largest absolute Gasteiger partial charge is 0.481 e. The fraction of sp³-hybridized carbons (Fsp3) is 0.471. The third-order valence-corrected chi connectivity index (χ3v) is 4.73. The van der Waals surface area contributed by atoms with Crippen molar-refractivity contribution in [2.24, 2.45) is 5.92 Å². The molecule has 1 heterocycles. The number of aliphatic carboxylic acids is 1. The molecule has 0 unspecified atom stereocenters. The zero-order valence-corrected chi connectivity index (χ0v) is 12.3. The maximum absolute atomic E-state index is 12.6. The lowest BCUT2D eigenvalue weighted by molar-refractivity contribution is -0.138. The summed E-state index contributed by atoms with van der Waals surface area (Å²) in [7, 11) is 0. The molecule has 1 aliphatic heterocycles. The first-order chi connectivity index (χ1) is 10.6. The fourth-order valence-corrected chi connectivity index (χ4v) is 3.68. The smallest absolute Gasteiger partial charge is 0.305 e. The number of amides is 2. The third kappa shape index (κ3) is 2.51. The van der Waals surface area contributed by atoms with E-state index in [2.05, 4.69) is 0 Å². The Kier molecular flexibility index (Phi) is 3.96. The van der Waals surface area contributed by atoms with E-state index < -0.39 is 12.0 Å². The van der Waals surface area contributed by atoms with Crippen LogP contribution in [0.25, 0.3) is 0 Å². The summed E-state index contributed by atoms with van der Waals surface area (Å²) in [5.41, 5.74) is 0.775. The molecule has 0 aromatic heterocycles. The summed E-state index contributed by atoms with van der Waals surface area (Å²) in [4.78, 5) is 37.6. The summed E-state index contributed by atoms with van der Waals surface area (Å²) in [6.45, 7) is 0. The van der Waals surface area contributed by atoms with Crippen molar-refractivity contribution < 1.29 is 19.5 Å². The summed E-state index contributed by atoms with van der Waals surface area (Å²) in [6, 6.07) is 6.17. The molecule has 1 saturated carbocycles. The van der Waals surface area contributed by atoms with Crippen LogP contribution in [0.3, 0.4) is 0 Å². The predicted octanol–water partition coefficient (Wildman–Crippen LogP) is 2.71. The molecule has 1 aromatic carbocycles. The molecule has 2 amide bonds. The highest BCUT2D eigenvalue weighted by molar-refractivity contribution is 6.21. The molecular weight excluding hydrogens is 282 g/mol. The monoisotopic (exact) mass is 301 g/mol. The van der Waals surface area contributed by atoms with Gasteiger partial charge in [-0.3, -0.25) is 19.3 Å². The Bertz CT molecular complexity index is 584. The molecule has 1 aromatic rings. The average molecular weight is 301 g/mol. The molecule has 5 nitrogen and oxygen atoms in total. The van der Waals surface area contributed by atoms with Crippen LogP contribution in [0.1, 0.15) is 59.2 Å². The highest BCUT2D eigenvalue weighted by atomic mass is 16.4. The normalized spacial score (nSPS) is 20.1. The molecule has 0 spiro atoms. The lowest BCUT2D eigenvalue weighted by atomic mass is 9.82. The maximum atomic E-state index is 12.6.